The van der Waals surface area contributed by atoms with Crippen molar-refractivity contribution in [1.29, 1.82) is 0 Å². The van der Waals surface area contributed by atoms with Crippen LogP contribution in [0.1, 0.15) is 32.0 Å². The van der Waals surface area contributed by atoms with Gasteiger partial charge in [-0.2, -0.15) is 0 Å². The van der Waals surface area contributed by atoms with E-state index in [-0.39, 0.29) is 17.1 Å². The molecule has 0 spiro atoms. The number of carbonyl (C=O) groups excluding carboxylic acids is 2. The lowest BCUT2D eigenvalue weighted by Crippen LogP contribution is -2.21. The highest BCUT2D eigenvalue weighted by Gasteiger charge is 2.34. The minimum Gasteiger partial charge on any atom is -0.351 e. The van der Waals surface area contributed by atoms with Gasteiger partial charge >= 0.3 is 0 Å². The molecule has 4 aromatic rings. The fourth-order valence-corrected chi connectivity index (χ4v) is 3.73. The number of nitrogens with one attached hydrogen (secondary N) is 1. The van der Waals surface area contributed by atoms with Crippen molar-refractivity contribution in [2.24, 2.45) is 0 Å². The average Bonchev–Trinajstić information content (AvgIpc) is 3.00. The molecular formula is C19H8Cl2N2O2. The summed E-state index contributed by atoms with van der Waals surface area (Å²) in [6.45, 7) is 0. The van der Waals surface area contributed by atoms with Gasteiger partial charge in [0.1, 0.15) is 0 Å². The Labute approximate surface area is 151 Å². The lowest BCUT2D eigenvalue weighted by molar-refractivity contribution is 0.0979. The fourth-order valence-electron chi connectivity index (χ4n) is 3.41. The van der Waals surface area contributed by atoms with Crippen LogP contribution >= 0.6 is 23.2 Å². The van der Waals surface area contributed by atoms with Crippen LogP contribution < -0.4 is 0 Å². The van der Waals surface area contributed by atoms with Crippen molar-refractivity contribution in [3.05, 3.63) is 75.0 Å². The molecule has 120 valence electrons. The molecule has 0 unspecified atom stereocenters. The topological polar surface area (TPSA) is 62.8 Å². The maximum atomic E-state index is 13.1. The molecule has 2 heterocycles. The molecule has 0 saturated carbocycles. The van der Waals surface area contributed by atoms with E-state index in [1.165, 1.54) is 6.20 Å². The number of fused-ring (bicyclic) bond motifs is 6. The zero-order valence-electron chi connectivity index (χ0n) is 12.6. The molecule has 25 heavy (non-hydrogen) atoms. The largest absolute Gasteiger partial charge is 0.351 e. The highest BCUT2D eigenvalue weighted by molar-refractivity contribution is 6.43. The quantitative estimate of drug-likeness (QED) is 0.428. The molecule has 0 radical (unpaired) electrons. The van der Waals surface area contributed by atoms with Crippen molar-refractivity contribution in [1.82, 2.24) is 9.97 Å². The maximum absolute atomic E-state index is 13.1. The van der Waals surface area contributed by atoms with Gasteiger partial charge in [-0.3, -0.25) is 14.6 Å². The summed E-state index contributed by atoms with van der Waals surface area (Å²) in [6, 6.07) is 10.5. The Morgan fingerprint density at radius 2 is 1.64 bits per heavy atom. The van der Waals surface area contributed by atoms with Crippen molar-refractivity contribution in [3.8, 4) is 0 Å². The van der Waals surface area contributed by atoms with Crippen molar-refractivity contribution < 1.29 is 9.59 Å². The molecule has 1 aliphatic carbocycles. The zero-order chi connectivity index (χ0) is 17.3. The van der Waals surface area contributed by atoms with E-state index in [0.29, 0.717) is 37.8 Å². The van der Waals surface area contributed by atoms with E-state index in [0.717, 1.165) is 10.9 Å². The Morgan fingerprint density at radius 1 is 0.880 bits per heavy atom. The van der Waals surface area contributed by atoms with Crippen LogP contribution in [0.3, 0.4) is 0 Å². The second-order valence-corrected chi connectivity index (χ2v) is 6.72. The van der Waals surface area contributed by atoms with E-state index in [9.17, 15) is 9.59 Å². The number of para-hydroxylation sites is 1. The van der Waals surface area contributed by atoms with E-state index >= 15 is 0 Å². The molecule has 0 saturated heterocycles. The highest BCUT2D eigenvalue weighted by Crippen LogP contribution is 2.37. The van der Waals surface area contributed by atoms with Crippen LogP contribution in [-0.4, -0.2) is 21.5 Å². The van der Waals surface area contributed by atoms with Gasteiger partial charge in [0.25, 0.3) is 0 Å². The second kappa shape index (κ2) is 4.91. The summed E-state index contributed by atoms with van der Waals surface area (Å²) in [7, 11) is 0. The van der Waals surface area contributed by atoms with E-state index in [1.54, 1.807) is 12.1 Å². The molecule has 0 atom stereocenters. The Morgan fingerprint density at radius 3 is 2.48 bits per heavy atom. The first-order valence-corrected chi connectivity index (χ1v) is 8.29. The number of aromatic amines is 1. The van der Waals surface area contributed by atoms with Crippen LogP contribution in [-0.2, 0) is 0 Å². The molecular weight excluding hydrogens is 359 g/mol. The van der Waals surface area contributed by atoms with Gasteiger partial charge in [-0.05, 0) is 18.2 Å². The van der Waals surface area contributed by atoms with Crippen LogP contribution in [0.5, 0.6) is 0 Å². The Kier molecular flexibility index (Phi) is 2.87. The molecule has 2 aromatic carbocycles. The van der Waals surface area contributed by atoms with Crippen LogP contribution in [0.2, 0.25) is 10.0 Å². The summed E-state index contributed by atoms with van der Waals surface area (Å²) in [6.07, 6.45) is 1.44. The number of hydrogen-bond acceptors (Lipinski definition) is 3. The van der Waals surface area contributed by atoms with Crippen molar-refractivity contribution >= 4 is 56.6 Å². The number of hydrogen-bond donors (Lipinski definition) is 1. The third-order valence-electron chi connectivity index (χ3n) is 4.54. The summed E-state index contributed by atoms with van der Waals surface area (Å²) in [5.74, 6) is -0.464. The van der Waals surface area contributed by atoms with Crippen LogP contribution in [0.25, 0.3) is 21.8 Å². The predicted molar refractivity (Wildman–Crippen MR) is 96.9 cm³/mol. The van der Waals surface area contributed by atoms with Gasteiger partial charge in [0, 0.05) is 28.0 Å². The zero-order valence-corrected chi connectivity index (χ0v) is 14.1. The summed E-state index contributed by atoms with van der Waals surface area (Å²) in [4.78, 5) is 33.6. The lowest BCUT2D eigenvalue weighted by atomic mass is 9.86. The highest BCUT2D eigenvalue weighted by atomic mass is 35.5. The standard InChI is InChI=1S/C19H8Cl2N2O2/c20-11-5-9-14(6-12(11)21)22-7-10-15(9)19(25)17-16(18(10)24)8-3-1-2-4-13(8)23-17/h1-7,23H. The third-order valence-corrected chi connectivity index (χ3v) is 5.26. The van der Waals surface area contributed by atoms with Gasteiger partial charge in [-0.25, -0.2) is 0 Å². The van der Waals surface area contributed by atoms with Gasteiger partial charge in [-0.1, -0.05) is 41.4 Å². The summed E-state index contributed by atoms with van der Waals surface area (Å²) < 4.78 is 0. The number of rotatable bonds is 0. The molecule has 0 bridgehead atoms. The van der Waals surface area contributed by atoms with Gasteiger partial charge in [0.2, 0.25) is 5.78 Å². The molecule has 1 N–H and O–H groups in total. The number of H-pyrrole nitrogens is 1. The number of aromatic nitrogens is 2. The van der Waals surface area contributed by atoms with Gasteiger partial charge in [-0.15, -0.1) is 0 Å². The van der Waals surface area contributed by atoms with Gasteiger partial charge < -0.3 is 4.98 Å². The fraction of sp³-hybridized carbons (Fsp3) is 0. The third kappa shape index (κ3) is 1.86. The minimum atomic E-state index is -0.244. The Hall–Kier alpha value is -2.69. The monoisotopic (exact) mass is 366 g/mol. The Balaban J connectivity index is 1.90. The van der Waals surface area contributed by atoms with Gasteiger partial charge in [0.05, 0.1) is 32.4 Å². The first-order valence-electron chi connectivity index (χ1n) is 7.54. The first kappa shape index (κ1) is 14.6. The first-order chi connectivity index (χ1) is 12.1. The molecule has 1 aliphatic rings. The van der Waals surface area contributed by atoms with Crippen molar-refractivity contribution in [3.63, 3.8) is 0 Å². The minimum absolute atomic E-state index is 0.220. The number of nitrogens with zero attached hydrogens (tertiary/aromatic N) is 1. The van der Waals surface area contributed by atoms with Crippen LogP contribution in [0.15, 0.2) is 42.6 Å². The Bertz CT molecular complexity index is 1260. The van der Waals surface area contributed by atoms with E-state index in [2.05, 4.69) is 9.97 Å². The summed E-state index contributed by atoms with van der Waals surface area (Å²) in [5.41, 5.74) is 2.57. The number of pyridine rings is 1. The second-order valence-electron chi connectivity index (χ2n) is 5.91. The van der Waals surface area contributed by atoms with Gasteiger partial charge in [0.15, 0.2) is 5.78 Å². The molecule has 0 aliphatic heterocycles. The SMILES string of the molecule is O=C1c2[nH]c3ccccc3c2C(=O)c2cnc3cc(Cl)c(Cl)cc3c21. The number of ketones is 2. The van der Waals surface area contributed by atoms with E-state index in [4.69, 9.17) is 23.2 Å². The van der Waals surface area contributed by atoms with E-state index in [1.807, 2.05) is 24.3 Å². The number of halogens is 2. The average molecular weight is 367 g/mol. The summed E-state index contributed by atoms with van der Waals surface area (Å²) >= 11 is 12.2. The molecule has 5 rings (SSSR count). The molecule has 0 fully saturated rings. The molecule has 4 nitrogen and oxygen atoms in total. The number of benzene rings is 2. The number of carbonyl (C=O) groups is 2. The van der Waals surface area contributed by atoms with Crippen molar-refractivity contribution in [2.75, 3.05) is 0 Å². The maximum Gasteiger partial charge on any atom is 0.211 e. The molecule has 2 aromatic heterocycles. The molecule has 0 amide bonds. The normalized spacial score (nSPS) is 13.4. The smallest absolute Gasteiger partial charge is 0.211 e. The molecule has 6 heteroatoms. The van der Waals surface area contributed by atoms with E-state index < -0.39 is 0 Å². The predicted octanol–water partition coefficient (Wildman–Crippen LogP) is 4.80. The lowest BCUT2D eigenvalue weighted by Gasteiger charge is -2.16. The summed E-state index contributed by atoms with van der Waals surface area (Å²) in [5, 5.41) is 1.92. The van der Waals surface area contributed by atoms with Crippen molar-refractivity contribution in [2.45, 2.75) is 0 Å². The van der Waals surface area contributed by atoms with Crippen LogP contribution in [0, 0.1) is 0 Å². The van der Waals surface area contributed by atoms with Crippen LogP contribution in [0.4, 0.5) is 0 Å².